The molecule has 0 atom stereocenters. The van der Waals surface area contributed by atoms with Crippen LogP contribution in [-0.4, -0.2) is 29.1 Å². The average Bonchev–Trinajstić information content (AvgIpc) is 2.55. The Morgan fingerprint density at radius 1 is 1.33 bits per heavy atom. The Bertz CT molecular complexity index is 751. The number of nitrogens with zero attached hydrogens (tertiary/aromatic N) is 3. The van der Waals surface area contributed by atoms with Gasteiger partial charge >= 0.3 is 0 Å². The van der Waals surface area contributed by atoms with Crippen LogP contribution in [0.2, 0.25) is 5.02 Å². The maximum absolute atomic E-state index is 13.2. The first-order valence-corrected chi connectivity index (χ1v) is 7.88. The van der Waals surface area contributed by atoms with Crippen LogP contribution in [0.4, 0.5) is 15.9 Å². The van der Waals surface area contributed by atoms with E-state index in [9.17, 15) is 14.5 Å². The second kappa shape index (κ2) is 7.00. The van der Waals surface area contributed by atoms with Gasteiger partial charge in [0.25, 0.3) is 5.69 Å². The molecule has 0 saturated carbocycles. The molecule has 24 heavy (non-hydrogen) atoms. The normalized spacial score (nSPS) is 15.3. The van der Waals surface area contributed by atoms with Gasteiger partial charge in [0, 0.05) is 38.1 Å². The van der Waals surface area contributed by atoms with Crippen molar-refractivity contribution in [2.24, 2.45) is 0 Å². The molecule has 3 rings (SSSR count). The highest BCUT2D eigenvalue weighted by molar-refractivity contribution is 6.33. The second-order valence-electron chi connectivity index (χ2n) is 5.52. The molecule has 8 heteroatoms. The topological polar surface area (TPSA) is 68.5 Å². The number of pyridine rings is 1. The van der Waals surface area contributed by atoms with Crippen molar-refractivity contribution in [3.05, 3.63) is 57.5 Å². The van der Waals surface area contributed by atoms with Gasteiger partial charge in [0.1, 0.15) is 29.7 Å². The van der Waals surface area contributed by atoms with Crippen LogP contribution in [0.3, 0.4) is 0 Å². The Hall–Kier alpha value is -2.41. The van der Waals surface area contributed by atoms with Gasteiger partial charge < -0.3 is 9.64 Å². The van der Waals surface area contributed by atoms with Crippen molar-refractivity contribution in [1.29, 1.82) is 0 Å². The van der Waals surface area contributed by atoms with Crippen molar-refractivity contribution >= 4 is 23.1 Å². The Labute approximate surface area is 143 Å². The number of aromatic nitrogens is 1. The van der Waals surface area contributed by atoms with E-state index in [-0.39, 0.29) is 22.6 Å². The van der Waals surface area contributed by atoms with E-state index in [1.54, 1.807) is 12.1 Å². The molecular formula is C16H15ClFN3O3. The summed E-state index contributed by atoms with van der Waals surface area (Å²) in [4.78, 5) is 16.3. The molecule has 0 bridgehead atoms. The van der Waals surface area contributed by atoms with Crippen molar-refractivity contribution in [2.45, 2.75) is 18.9 Å². The molecule has 0 N–H and O–H groups in total. The van der Waals surface area contributed by atoms with Crippen LogP contribution < -0.4 is 9.64 Å². The lowest BCUT2D eigenvalue weighted by atomic mass is 10.1. The molecule has 0 radical (unpaired) electrons. The molecule has 2 heterocycles. The van der Waals surface area contributed by atoms with E-state index in [1.807, 2.05) is 4.90 Å². The highest BCUT2D eigenvalue weighted by Crippen LogP contribution is 2.30. The van der Waals surface area contributed by atoms with Gasteiger partial charge in [-0.2, -0.15) is 0 Å². The van der Waals surface area contributed by atoms with Crippen molar-refractivity contribution in [3.8, 4) is 5.75 Å². The van der Waals surface area contributed by atoms with Crippen molar-refractivity contribution in [3.63, 3.8) is 0 Å². The predicted molar refractivity (Wildman–Crippen MR) is 88.2 cm³/mol. The number of halogens is 2. The van der Waals surface area contributed by atoms with Gasteiger partial charge in [-0.05, 0) is 12.1 Å². The minimum absolute atomic E-state index is 0.0140. The van der Waals surface area contributed by atoms with Crippen molar-refractivity contribution < 1.29 is 14.1 Å². The van der Waals surface area contributed by atoms with Crippen LogP contribution in [0.5, 0.6) is 5.75 Å². The highest BCUT2D eigenvalue weighted by Gasteiger charge is 2.24. The minimum atomic E-state index is -0.526. The van der Waals surface area contributed by atoms with Gasteiger partial charge in [-0.15, -0.1) is 0 Å². The SMILES string of the molecule is O=[N+]([O-])c1cnc(N2CCC(Oc3cccc(F)c3)CC2)c(Cl)c1. The molecule has 0 spiro atoms. The number of hydrogen-bond donors (Lipinski definition) is 0. The van der Waals surface area contributed by atoms with E-state index < -0.39 is 4.92 Å². The number of ether oxygens (including phenoxy) is 1. The smallest absolute Gasteiger partial charge is 0.289 e. The Kier molecular flexibility index (Phi) is 4.80. The fourth-order valence-corrected chi connectivity index (χ4v) is 2.95. The van der Waals surface area contributed by atoms with Gasteiger partial charge in [0.2, 0.25) is 0 Å². The zero-order valence-electron chi connectivity index (χ0n) is 12.7. The lowest BCUT2D eigenvalue weighted by molar-refractivity contribution is -0.385. The number of hydrogen-bond acceptors (Lipinski definition) is 5. The summed E-state index contributed by atoms with van der Waals surface area (Å²) in [6, 6.07) is 7.38. The van der Waals surface area contributed by atoms with Crippen LogP contribution >= 0.6 is 11.6 Å². The fraction of sp³-hybridized carbons (Fsp3) is 0.312. The number of nitro groups is 1. The largest absolute Gasteiger partial charge is 0.490 e. The molecule has 1 fully saturated rings. The third kappa shape index (κ3) is 3.73. The van der Waals surface area contributed by atoms with Gasteiger partial charge in [-0.3, -0.25) is 10.1 Å². The zero-order valence-corrected chi connectivity index (χ0v) is 13.4. The standard InChI is InChI=1S/C16H15ClFN3O3/c17-15-9-12(21(22)23)10-19-16(15)20-6-4-13(5-7-20)24-14-3-1-2-11(18)8-14/h1-3,8-10,13H,4-7H2. The molecule has 126 valence electrons. The lowest BCUT2D eigenvalue weighted by Gasteiger charge is -2.33. The van der Waals surface area contributed by atoms with Crippen LogP contribution in [0.1, 0.15) is 12.8 Å². The van der Waals surface area contributed by atoms with Crippen LogP contribution in [0, 0.1) is 15.9 Å². The molecule has 0 unspecified atom stereocenters. The van der Waals surface area contributed by atoms with Gasteiger partial charge in [-0.1, -0.05) is 17.7 Å². The van der Waals surface area contributed by atoms with Crippen LogP contribution in [-0.2, 0) is 0 Å². The maximum Gasteiger partial charge on any atom is 0.289 e. The Balaban J connectivity index is 1.62. The van der Waals surface area contributed by atoms with Gasteiger partial charge in [0.15, 0.2) is 0 Å². The van der Waals surface area contributed by atoms with Crippen LogP contribution in [0.15, 0.2) is 36.5 Å². The minimum Gasteiger partial charge on any atom is -0.490 e. The first-order chi connectivity index (χ1) is 11.5. The molecule has 1 aliphatic rings. The van der Waals surface area contributed by atoms with Crippen molar-refractivity contribution in [2.75, 3.05) is 18.0 Å². The summed E-state index contributed by atoms with van der Waals surface area (Å²) in [7, 11) is 0. The quantitative estimate of drug-likeness (QED) is 0.618. The number of benzene rings is 1. The zero-order chi connectivity index (χ0) is 17.1. The van der Waals surface area contributed by atoms with Crippen LogP contribution in [0.25, 0.3) is 0 Å². The monoisotopic (exact) mass is 351 g/mol. The molecule has 1 aliphatic heterocycles. The molecule has 1 aromatic carbocycles. The van der Waals surface area contributed by atoms with E-state index in [0.717, 1.165) is 12.8 Å². The second-order valence-corrected chi connectivity index (χ2v) is 5.92. The first-order valence-electron chi connectivity index (χ1n) is 7.50. The Morgan fingerprint density at radius 3 is 2.71 bits per heavy atom. The Morgan fingerprint density at radius 2 is 2.08 bits per heavy atom. The van der Waals surface area contributed by atoms with Crippen molar-refractivity contribution in [1.82, 2.24) is 4.98 Å². The predicted octanol–water partition coefficient (Wildman–Crippen LogP) is 3.83. The molecule has 1 aromatic heterocycles. The van der Waals surface area contributed by atoms with E-state index in [0.29, 0.717) is 24.7 Å². The third-order valence-electron chi connectivity index (χ3n) is 3.86. The summed E-state index contributed by atoms with van der Waals surface area (Å²) in [6.45, 7) is 1.31. The number of piperidine rings is 1. The summed E-state index contributed by atoms with van der Waals surface area (Å²) in [5.41, 5.74) is -0.131. The molecule has 0 amide bonds. The summed E-state index contributed by atoms with van der Waals surface area (Å²) < 4.78 is 19.0. The molecule has 0 aliphatic carbocycles. The average molecular weight is 352 g/mol. The number of rotatable bonds is 4. The first kappa shape index (κ1) is 16.4. The molecule has 1 saturated heterocycles. The molecule has 2 aromatic rings. The summed E-state index contributed by atoms with van der Waals surface area (Å²) in [5, 5.41) is 11.0. The van der Waals surface area contributed by atoms with E-state index in [1.165, 1.54) is 24.4 Å². The summed E-state index contributed by atoms with van der Waals surface area (Å²) in [5.74, 6) is 0.721. The molecular weight excluding hydrogens is 337 g/mol. The highest BCUT2D eigenvalue weighted by atomic mass is 35.5. The maximum atomic E-state index is 13.2. The van der Waals surface area contributed by atoms with E-state index in [4.69, 9.17) is 16.3 Å². The van der Waals surface area contributed by atoms with E-state index in [2.05, 4.69) is 4.98 Å². The fourth-order valence-electron chi connectivity index (χ4n) is 2.67. The van der Waals surface area contributed by atoms with E-state index >= 15 is 0 Å². The summed E-state index contributed by atoms with van der Waals surface area (Å²) >= 11 is 6.11. The van der Waals surface area contributed by atoms with Gasteiger partial charge in [-0.25, -0.2) is 9.37 Å². The summed E-state index contributed by atoms with van der Waals surface area (Å²) in [6.07, 6.45) is 2.65. The third-order valence-corrected chi connectivity index (χ3v) is 4.14. The molecule has 6 nitrogen and oxygen atoms in total. The number of anilines is 1. The van der Waals surface area contributed by atoms with Gasteiger partial charge in [0.05, 0.1) is 9.95 Å². The lowest BCUT2D eigenvalue weighted by Crippen LogP contribution is -2.38.